The van der Waals surface area contributed by atoms with Gasteiger partial charge in [0.25, 0.3) is 0 Å². The second kappa shape index (κ2) is 6.27. The van der Waals surface area contributed by atoms with E-state index in [1.165, 1.54) is 6.42 Å². The molecule has 0 aromatic heterocycles. The summed E-state index contributed by atoms with van der Waals surface area (Å²) in [5, 5.41) is 3.40. The average molecular weight is 196 g/mol. The second-order valence-corrected chi connectivity index (χ2v) is 3.50. The van der Waals surface area contributed by atoms with Crippen molar-refractivity contribution >= 4 is 5.91 Å². The van der Waals surface area contributed by atoms with Crippen molar-refractivity contribution in [3.63, 3.8) is 0 Å². The Labute approximate surface area is 83.7 Å². The van der Waals surface area contributed by atoms with E-state index >= 15 is 0 Å². The Morgan fingerprint density at radius 1 is 1.36 bits per heavy atom. The van der Waals surface area contributed by atoms with Crippen molar-refractivity contribution in [2.24, 2.45) is 5.11 Å². The third kappa shape index (κ3) is 3.66. The first-order valence-corrected chi connectivity index (χ1v) is 5.13. The summed E-state index contributed by atoms with van der Waals surface area (Å²) in [5.74, 6) is 0.206. The number of hydrogen-bond donors (Lipinski definition) is 0. The first-order valence-electron chi connectivity index (χ1n) is 5.13. The largest absolute Gasteiger partial charge is 0.343 e. The summed E-state index contributed by atoms with van der Waals surface area (Å²) >= 11 is 0. The molecule has 0 aromatic carbocycles. The van der Waals surface area contributed by atoms with Crippen LogP contribution in [-0.2, 0) is 4.79 Å². The molecular formula is C9H16N4O. The van der Waals surface area contributed by atoms with Crippen LogP contribution in [0.3, 0.4) is 0 Å². The van der Waals surface area contributed by atoms with E-state index in [0.717, 1.165) is 25.9 Å². The smallest absolute Gasteiger partial charge is 0.222 e. The zero-order valence-electron chi connectivity index (χ0n) is 8.35. The van der Waals surface area contributed by atoms with Gasteiger partial charge in [-0.3, -0.25) is 4.79 Å². The van der Waals surface area contributed by atoms with Crippen LogP contribution in [0.1, 0.15) is 32.1 Å². The fourth-order valence-corrected chi connectivity index (χ4v) is 1.65. The molecule has 0 spiro atoms. The summed E-state index contributed by atoms with van der Waals surface area (Å²) in [5.41, 5.74) is 8.04. The van der Waals surface area contributed by atoms with Crippen molar-refractivity contribution in [2.75, 3.05) is 19.6 Å². The maximum atomic E-state index is 11.6. The lowest BCUT2D eigenvalue weighted by Gasteiger charge is -2.26. The zero-order valence-corrected chi connectivity index (χ0v) is 8.35. The number of piperidine rings is 1. The molecule has 1 saturated heterocycles. The van der Waals surface area contributed by atoms with Crippen molar-refractivity contribution in [1.29, 1.82) is 0 Å². The highest BCUT2D eigenvalue weighted by molar-refractivity contribution is 5.76. The normalized spacial score (nSPS) is 16.1. The Morgan fingerprint density at radius 2 is 2.07 bits per heavy atom. The average Bonchev–Trinajstić information content (AvgIpc) is 2.25. The molecule has 5 nitrogen and oxygen atoms in total. The lowest BCUT2D eigenvalue weighted by atomic mass is 10.1. The minimum Gasteiger partial charge on any atom is -0.343 e. The van der Waals surface area contributed by atoms with Gasteiger partial charge in [-0.05, 0) is 31.2 Å². The molecule has 0 radical (unpaired) electrons. The highest BCUT2D eigenvalue weighted by atomic mass is 16.2. The van der Waals surface area contributed by atoms with Gasteiger partial charge in [0.2, 0.25) is 5.91 Å². The van der Waals surface area contributed by atoms with Gasteiger partial charge >= 0.3 is 0 Å². The molecule has 1 heterocycles. The molecule has 0 aromatic rings. The van der Waals surface area contributed by atoms with Gasteiger partial charge in [-0.2, -0.15) is 0 Å². The number of nitrogens with zero attached hydrogens (tertiary/aromatic N) is 4. The van der Waals surface area contributed by atoms with Crippen LogP contribution in [0.15, 0.2) is 5.11 Å². The molecule has 0 saturated carbocycles. The third-order valence-electron chi connectivity index (χ3n) is 2.42. The molecule has 0 bridgehead atoms. The Balaban J connectivity index is 2.16. The van der Waals surface area contributed by atoms with Gasteiger partial charge in [-0.1, -0.05) is 5.11 Å². The molecule has 1 aliphatic rings. The topological polar surface area (TPSA) is 69.1 Å². The quantitative estimate of drug-likeness (QED) is 0.294. The summed E-state index contributed by atoms with van der Waals surface area (Å²) in [7, 11) is 0. The van der Waals surface area contributed by atoms with Gasteiger partial charge in [0.05, 0.1) is 0 Å². The molecule has 1 amide bonds. The number of hydrogen-bond acceptors (Lipinski definition) is 2. The van der Waals surface area contributed by atoms with E-state index in [1.54, 1.807) is 0 Å². The first-order chi connectivity index (χ1) is 6.84. The zero-order chi connectivity index (χ0) is 10.2. The third-order valence-corrected chi connectivity index (χ3v) is 2.42. The van der Waals surface area contributed by atoms with Gasteiger partial charge in [-0.25, -0.2) is 0 Å². The summed E-state index contributed by atoms with van der Waals surface area (Å²) < 4.78 is 0. The standard InChI is InChI=1S/C9H16N4O/c10-12-11-6-4-5-9(14)13-7-2-1-3-8-13/h1-8H2. The monoisotopic (exact) mass is 196 g/mol. The van der Waals surface area contributed by atoms with E-state index in [9.17, 15) is 4.79 Å². The molecule has 5 heteroatoms. The molecule has 0 unspecified atom stereocenters. The molecular weight excluding hydrogens is 180 g/mol. The van der Waals surface area contributed by atoms with E-state index in [0.29, 0.717) is 19.4 Å². The van der Waals surface area contributed by atoms with Crippen LogP contribution >= 0.6 is 0 Å². The molecule has 78 valence electrons. The number of carbonyl (C=O) groups excluding carboxylic acids is 1. The molecule has 14 heavy (non-hydrogen) atoms. The van der Waals surface area contributed by atoms with Crippen molar-refractivity contribution in [3.8, 4) is 0 Å². The molecule has 0 N–H and O–H groups in total. The highest BCUT2D eigenvalue weighted by Gasteiger charge is 2.15. The van der Waals surface area contributed by atoms with Crippen LogP contribution in [0.5, 0.6) is 0 Å². The maximum Gasteiger partial charge on any atom is 0.222 e. The maximum absolute atomic E-state index is 11.6. The number of rotatable bonds is 4. The van der Waals surface area contributed by atoms with Gasteiger partial charge in [0, 0.05) is 31.0 Å². The summed E-state index contributed by atoms with van der Waals surface area (Å²) in [6, 6.07) is 0. The minimum absolute atomic E-state index is 0.206. The molecule has 1 rings (SSSR count). The molecule has 1 fully saturated rings. The van der Waals surface area contributed by atoms with E-state index in [1.807, 2.05) is 4.90 Å². The summed E-state index contributed by atoms with van der Waals surface area (Å²) in [6.45, 7) is 2.23. The predicted octanol–water partition coefficient (Wildman–Crippen LogP) is 2.09. The molecule has 0 aliphatic carbocycles. The van der Waals surface area contributed by atoms with Crippen LogP contribution < -0.4 is 0 Å². The lowest BCUT2D eigenvalue weighted by Crippen LogP contribution is -2.35. The lowest BCUT2D eigenvalue weighted by molar-refractivity contribution is -0.132. The van der Waals surface area contributed by atoms with E-state index in [4.69, 9.17) is 5.53 Å². The van der Waals surface area contributed by atoms with E-state index < -0.39 is 0 Å². The number of likely N-dealkylation sites (tertiary alicyclic amines) is 1. The molecule has 1 aliphatic heterocycles. The van der Waals surface area contributed by atoms with Crippen molar-refractivity contribution < 1.29 is 4.79 Å². The Kier molecular flexibility index (Phi) is 4.86. The fraction of sp³-hybridized carbons (Fsp3) is 0.889. The Bertz CT molecular complexity index is 229. The van der Waals surface area contributed by atoms with Gasteiger partial charge in [-0.15, -0.1) is 0 Å². The van der Waals surface area contributed by atoms with Gasteiger partial charge in [0.15, 0.2) is 0 Å². The minimum atomic E-state index is 0.206. The first kappa shape index (κ1) is 10.9. The van der Waals surface area contributed by atoms with Gasteiger partial charge < -0.3 is 4.90 Å². The second-order valence-electron chi connectivity index (χ2n) is 3.50. The van der Waals surface area contributed by atoms with Crippen molar-refractivity contribution in [1.82, 2.24) is 4.90 Å². The summed E-state index contributed by atoms with van der Waals surface area (Å²) in [4.78, 5) is 16.1. The Morgan fingerprint density at radius 3 is 2.71 bits per heavy atom. The van der Waals surface area contributed by atoms with Crippen LogP contribution in [-0.4, -0.2) is 30.4 Å². The van der Waals surface area contributed by atoms with Crippen LogP contribution in [0.25, 0.3) is 10.4 Å². The van der Waals surface area contributed by atoms with Crippen LogP contribution in [0.4, 0.5) is 0 Å². The SMILES string of the molecule is [N-]=[N+]=NCCCC(=O)N1CCCCC1. The van der Waals surface area contributed by atoms with Crippen LogP contribution in [0.2, 0.25) is 0 Å². The van der Waals surface area contributed by atoms with Crippen LogP contribution in [0, 0.1) is 0 Å². The Hall–Kier alpha value is -1.22. The molecule has 0 atom stereocenters. The van der Waals surface area contributed by atoms with Crippen molar-refractivity contribution in [2.45, 2.75) is 32.1 Å². The predicted molar refractivity (Wildman–Crippen MR) is 53.7 cm³/mol. The van der Waals surface area contributed by atoms with Gasteiger partial charge in [0.1, 0.15) is 0 Å². The van der Waals surface area contributed by atoms with E-state index in [2.05, 4.69) is 10.0 Å². The summed E-state index contributed by atoms with van der Waals surface area (Å²) in [6.07, 6.45) is 4.67. The van der Waals surface area contributed by atoms with Crippen molar-refractivity contribution in [3.05, 3.63) is 10.4 Å². The highest BCUT2D eigenvalue weighted by Crippen LogP contribution is 2.10. The number of carbonyl (C=O) groups is 1. The number of azide groups is 1. The fourth-order valence-electron chi connectivity index (χ4n) is 1.65. The number of amides is 1. The van der Waals surface area contributed by atoms with E-state index in [-0.39, 0.29) is 5.91 Å².